The number of rotatable bonds is 7. The minimum atomic E-state index is -0.208. The highest BCUT2D eigenvalue weighted by Crippen LogP contribution is 2.28. The fraction of sp³-hybridized carbons (Fsp3) is 0.533. The maximum Gasteiger partial charge on any atom is 0.305 e. The van der Waals surface area contributed by atoms with Gasteiger partial charge in [0.2, 0.25) is 0 Å². The predicted molar refractivity (Wildman–Crippen MR) is 76.7 cm³/mol. The minimum absolute atomic E-state index is 0.128. The van der Waals surface area contributed by atoms with Crippen LogP contribution in [0.3, 0.4) is 0 Å². The first-order valence-electron chi connectivity index (χ1n) is 6.59. The number of halogens is 1. The first kappa shape index (κ1) is 15.8. The molecule has 0 bridgehead atoms. The van der Waals surface area contributed by atoms with Crippen LogP contribution in [0.4, 0.5) is 0 Å². The number of ether oxygens (including phenoxy) is 2. The summed E-state index contributed by atoms with van der Waals surface area (Å²) in [7, 11) is 0. The van der Waals surface area contributed by atoms with Gasteiger partial charge in [-0.2, -0.15) is 0 Å². The van der Waals surface area contributed by atoms with Crippen molar-refractivity contribution in [3.63, 3.8) is 0 Å². The second-order valence-electron chi connectivity index (χ2n) is 4.55. The first-order valence-corrected chi connectivity index (χ1v) is 7.03. The maximum absolute atomic E-state index is 11.3. The van der Waals surface area contributed by atoms with Crippen molar-refractivity contribution in [3.8, 4) is 5.75 Å². The van der Waals surface area contributed by atoms with Crippen LogP contribution in [-0.4, -0.2) is 18.7 Å². The minimum Gasteiger partial charge on any atom is -0.491 e. The SMILES string of the molecule is CCOC(=O)CCC(Cl)c1cccc(OC(C)C)c1. The summed E-state index contributed by atoms with van der Waals surface area (Å²) < 4.78 is 10.5. The summed E-state index contributed by atoms with van der Waals surface area (Å²) in [5.41, 5.74) is 0.962. The fourth-order valence-corrected chi connectivity index (χ4v) is 1.94. The molecule has 0 aliphatic heterocycles. The molecule has 0 aliphatic carbocycles. The molecule has 0 saturated carbocycles. The maximum atomic E-state index is 11.3. The molecule has 0 heterocycles. The van der Waals surface area contributed by atoms with E-state index in [4.69, 9.17) is 21.1 Å². The third-order valence-corrected chi connectivity index (χ3v) is 2.97. The Morgan fingerprint density at radius 3 is 2.74 bits per heavy atom. The van der Waals surface area contributed by atoms with Gasteiger partial charge in [0.1, 0.15) is 5.75 Å². The zero-order valence-electron chi connectivity index (χ0n) is 11.7. The summed E-state index contributed by atoms with van der Waals surface area (Å²) in [6.45, 7) is 6.16. The molecule has 0 aromatic heterocycles. The summed E-state index contributed by atoms with van der Waals surface area (Å²) in [5, 5.41) is -0.208. The smallest absolute Gasteiger partial charge is 0.305 e. The number of carbonyl (C=O) groups excluding carboxylic acids is 1. The van der Waals surface area contributed by atoms with E-state index in [9.17, 15) is 4.79 Å². The van der Waals surface area contributed by atoms with Crippen molar-refractivity contribution < 1.29 is 14.3 Å². The lowest BCUT2D eigenvalue weighted by molar-refractivity contribution is -0.143. The quantitative estimate of drug-likeness (QED) is 0.559. The molecule has 0 saturated heterocycles. The van der Waals surface area contributed by atoms with Crippen molar-refractivity contribution in [1.29, 1.82) is 0 Å². The molecule has 1 aromatic carbocycles. The Morgan fingerprint density at radius 1 is 1.37 bits per heavy atom. The van der Waals surface area contributed by atoms with Crippen molar-refractivity contribution in [2.75, 3.05) is 6.61 Å². The van der Waals surface area contributed by atoms with E-state index >= 15 is 0 Å². The Kier molecular flexibility index (Phi) is 6.71. The summed E-state index contributed by atoms with van der Waals surface area (Å²) in [6, 6.07) is 7.67. The Morgan fingerprint density at radius 2 is 2.11 bits per heavy atom. The Labute approximate surface area is 119 Å². The van der Waals surface area contributed by atoms with E-state index in [0.717, 1.165) is 11.3 Å². The van der Waals surface area contributed by atoms with Gasteiger partial charge in [-0.05, 0) is 44.9 Å². The third-order valence-electron chi connectivity index (χ3n) is 2.50. The standard InChI is InChI=1S/C15H21ClO3/c1-4-18-15(17)9-8-14(16)12-6-5-7-13(10-12)19-11(2)3/h5-7,10-11,14H,4,8-9H2,1-3H3. The number of benzene rings is 1. The zero-order chi connectivity index (χ0) is 14.3. The lowest BCUT2D eigenvalue weighted by Gasteiger charge is -2.13. The van der Waals surface area contributed by atoms with E-state index in [1.165, 1.54) is 0 Å². The van der Waals surface area contributed by atoms with Crippen LogP contribution < -0.4 is 4.74 Å². The first-order chi connectivity index (χ1) is 9.02. The molecule has 1 atom stereocenters. The molecule has 0 aliphatic rings. The molecule has 1 rings (SSSR count). The van der Waals surface area contributed by atoms with E-state index in [-0.39, 0.29) is 17.5 Å². The van der Waals surface area contributed by atoms with Gasteiger partial charge in [-0.25, -0.2) is 0 Å². The Bertz CT molecular complexity index is 404. The Hall–Kier alpha value is -1.22. The second-order valence-corrected chi connectivity index (χ2v) is 5.08. The zero-order valence-corrected chi connectivity index (χ0v) is 12.4. The van der Waals surface area contributed by atoms with Gasteiger partial charge in [0.05, 0.1) is 18.1 Å². The van der Waals surface area contributed by atoms with Gasteiger partial charge in [0, 0.05) is 6.42 Å². The van der Waals surface area contributed by atoms with Crippen LogP contribution in [0.1, 0.15) is 44.6 Å². The van der Waals surface area contributed by atoms with Crippen LogP contribution in [0.5, 0.6) is 5.75 Å². The van der Waals surface area contributed by atoms with Gasteiger partial charge >= 0.3 is 5.97 Å². The van der Waals surface area contributed by atoms with Gasteiger partial charge in [0.15, 0.2) is 0 Å². The molecule has 1 aromatic rings. The molecule has 19 heavy (non-hydrogen) atoms. The Balaban J connectivity index is 2.56. The number of alkyl halides is 1. The topological polar surface area (TPSA) is 35.5 Å². The molecule has 3 nitrogen and oxygen atoms in total. The van der Waals surface area contributed by atoms with Crippen LogP contribution in [0.25, 0.3) is 0 Å². The molecule has 0 amide bonds. The normalized spacial score (nSPS) is 12.3. The summed E-state index contributed by atoms with van der Waals surface area (Å²) in [5.74, 6) is 0.594. The summed E-state index contributed by atoms with van der Waals surface area (Å²) in [6.07, 6.45) is 1.02. The molecule has 4 heteroatoms. The lowest BCUT2D eigenvalue weighted by atomic mass is 10.1. The summed E-state index contributed by atoms with van der Waals surface area (Å²) in [4.78, 5) is 11.3. The highest BCUT2D eigenvalue weighted by Gasteiger charge is 2.12. The number of esters is 1. The molecule has 0 N–H and O–H groups in total. The van der Waals surface area contributed by atoms with Crippen LogP contribution in [-0.2, 0) is 9.53 Å². The molecule has 0 spiro atoms. The average Bonchev–Trinajstić information content (AvgIpc) is 2.36. The predicted octanol–water partition coefficient (Wildman–Crippen LogP) is 4.10. The molecule has 1 unspecified atom stereocenters. The molecule has 0 fully saturated rings. The molecule has 106 valence electrons. The van der Waals surface area contributed by atoms with E-state index in [2.05, 4.69) is 0 Å². The van der Waals surface area contributed by atoms with Crippen LogP contribution in [0.2, 0.25) is 0 Å². The van der Waals surface area contributed by atoms with Crippen molar-refractivity contribution in [1.82, 2.24) is 0 Å². The monoisotopic (exact) mass is 284 g/mol. The average molecular weight is 285 g/mol. The van der Waals surface area contributed by atoms with Gasteiger partial charge < -0.3 is 9.47 Å². The van der Waals surface area contributed by atoms with Gasteiger partial charge in [-0.3, -0.25) is 4.79 Å². The number of hydrogen-bond donors (Lipinski definition) is 0. The van der Waals surface area contributed by atoms with E-state index in [0.29, 0.717) is 19.4 Å². The van der Waals surface area contributed by atoms with Gasteiger partial charge in [0.25, 0.3) is 0 Å². The second kappa shape index (κ2) is 8.05. The van der Waals surface area contributed by atoms with Crippen molar-refractivity contribution in [2.24, 2.45) is 0 Å². The highest BCUT2D eigenvalue weighted by molar-refractivity contribution is 6.20. The largest absolute Gasteiger partial charge is 0.491 e. The molecular weight excluding hydrogens is 264 g/mol. The van der Waals surface area contributed by atoms with Crippen LogP contribution in [0.15, 0.2) is 24.3 Å². The van der Waals surface area contributed by atoms with Gasteiger partial charge in [-0.1, -0.05) is 12.1 Å². The summed E-state index contributed by atoms with van der Waals surface area (Å²) >= 11 is 6.30. The van der Waals surface area contributed by atoms with Crippen LogP contribution >= 0.6 is 11.6 Å². The van der Waals surface area contributed by atoms with Crippen molar-refractivity contribution in [3.05, 3.63) is 29.8 Å². The fourth-order valence-electron chi connectivity index (χ4n) is 1.70. The van der Waals surface area contributed by atoms with E-state index < -0.39 is 0 Å². The number of carbonyl (C=O) groups is 1. The van der Waals surface area contributed by atoms with Gasteiger partial charge in [-0.15, -0.1) is 11.6 Å². The lowest BCUT2D eigenvalue weighted by Crippen LogP contribution is -2.07. The van der Waals surface area contributed by atoms with Crippen LogP contribution in [0, 0.1) is 0 Å². The molecular formula is C15H21ClO3. The van der Waals surface area contributed by atoms with Crippen molar-refractivity contribution in [2.45, 2.75) is 45.1 Å². The van der Waals surface area contributed by atoms with Crippen molar-refractivity contribution >= 4 is 17.6 Å². The van der Waals surface area contributed by atoms with E-state index in [1.807, 2.05) is 38.1 Å². The highest BCUT2D eigenvalue weighted by atomic mass is 35.5. The van der Waals surface area contributed by atoms with E-state index in [1.54, 1.807) is 6.92 Å². The third kappa shape index (κ3) is 5.97. The number of hydrogen-bond acceptors (Lipinski definition) is 3. The molecule has 0 radical (unpaired) electrons.